The molecule has 0 N–H and O–H groups in total. The Bertz CT molecular complexity index is 167. The maximum Gasteiger partial charge on any atom is 0.132 e. The van der Waals surface area contributed by atoms with Crippen LogP contribution < -0.4 is 0 Å². The molecule has 13 heavy (non-hydrogen) atoms. The molecular formula is C11H24OSi. The smallest absolute Gasteiger partial charge is 0.132 e. The van der Waals surface area contributed by atoms with Gasteiger partial charge < -0.3 is 4.79 Å². The summed E-state index contributed by atoms with van der Waals surface area (Å²) in [6.07, 6.45) is 0. The van der Waals surface area contributed by atoms with E-state index in [2.05, 4.69) is 41.5 Å². The molecule has 78 valence electrons. The van der Waals surface area contributed by atoms with E-state index in [0.29, 0.717) is 5.41 Å². The molecule has 0 radical (unpaired) electrons. The first-order valence-electron chi connectivity index (χ1n) is 5.39. The SMILES string of the molecule is CC[Si](CC)(CC)C(=O)C(C)(C)C. The van der Waals surface area contributed by atoms with Crippen molar-refractivity contribution in [1.82, 2.24) is 0 Å². The summed E-state index contributed by atoms with van der Waals surface area (Å²) >= 11 is 0. The van der Waals surface area contributed by atoms with Crippen LogP contribution in [0.4, 0.5) is 0 Å². The molecule has 0 aliphatic heterocycles. The second kappa shape index (κ2) is 4.40. The summed E-state index contributed by atoms with van der Waals surface area (Å²) < 4.78 is 0. The summed E-state index contributed by atoms with van der Waals surface area (Å²) in [6.45, 7) is 12.7. The molecule has 0 aliphatic carbocycles. The van der Waals surface area contributed by atoms with Crippen LogP contribution in [0.3, 0.4) is 0 Å². The molecule has 0 saturated heterocycles. The van der Waals surface area contributed by atoms with Gasteiger partial charge in [-0.2, -0.15) is 0 Å². The summed E-state index contributed by atoms with van der Waals surface area (Å²) in [4.78, 5) is 12.2. The highest BCUT2D eigenvalue weighted by Gasteiger charge is 2.41. The molecule has 0 saturated carbocycles. The summed E-state index contributed by atoms with van der Waals surface area (Å²) in [6, 6.07) is 3.32. The predicted molar refractivity (Wildman–Crippen MR) is 61.7 cm³/mol. The van der Waals surface area contributed by atoms with Gasteiger partial charge >= 0.3 is 0 Å². The first-order chi connectivity index (χ1) is 5.84. The van der Waals surface area contributed by atoms with Gasteiger partial charge in [0.2, 0.25) is 0 Å². The van der Waals surface area contributed by atoms with Crippen LogP contribution in [0.5, 0.6) is 0 Å². The molecule has 0 amide bonds. The third-order valence-electron chi connectivity index (χ3n) is 3.19. The Morgan fingerprint density at radius 3 is 1.38 bits per heavy atom. The third kappa shape index (κ3) is 2.66. The van der Waals surface area contributed by atoms with Gasteiger partial charge in [-0.05, 0) is 0 Å². The first-order valence-corrected chi connectivity index (χ1v) is 8.01. The normalized spacial score (nSPS) is 13.1. The van der Waals surface area contributed by atoms with Gasteiger partial charge in [0.1, 0.15) is 13.5 Å². The van der Waals surface area contributed by atoms with Crippen molar-refractivity contribution in [3.05, 3.63) is 0 Å². The lowest BCUT2D eigenvalue weighted by atomic mass is 9.99. The zero-order valence-electron chi connectivity index (χ0n) is 10.0. The molecule has 2 heteroatoms. The van der Waals surface area contributed by atoms with Gasteiger partial charge in [-0.25, -0.2) is 0 Å². The molecule has 0 fully saturated rings. The zero-order valence-corrected chi connectivity index (χ0v) is 11.0. The van der Waals surface area contributed by atoms with Crippen LogP contribution in [0.25, 0.3) is 0 Å². The van der Waals surface area contributed by atoms with Gasteiger partial charge in [0.15, 0.2) is 0 Å². The number of hydrogen-bond acceptors (Lipinski definition) is 1. The summed E-state index contributed by atoms with van der Waals surface area (Å²) in [5.41, 5.74) is -0.131. The standard InChI is InChI=1S/C11H24OSi/c1-7-13(8-2,9-3)10(12)11(4,5)6/h7-9H2,1-6H3. The molecule has 0 heterocycles. The third-order valence-corrected chi connectivity index (χ3v) is 8.97. The van der Waals surface area contributed by atoms with Crippen LogP contribution in [0.15, 0.2) is 0 Å². The zero-order chi connectivity index (χ0) is 10.7. The highest BCUT2D eigenvalue weighted by Crippen LogP contribution is 2.30. The highest BCUT2D eigenvalue weighted by atomic mass is 28.3. The first kappa shape index (κ1) is 12.9. The maximum absolute atomic E-state index is 12.2. The van der Waals surface area contributed by atoms with Crippen LogP contribution in [0, 0.1) is 5.41 Å². The molecule has 0 atom stereocenters. The van der Waals surface area contributed by atoms with Crippen molar-refractivity contribution in [3.63, 3.8) is 0 Å². The minimum atomic E-state index is -1.60. The minimum absolute atomic E-state index is 0.131. The van der Waals surface area contributed by atoms with Crippen molar-refractivity contribution in [2.75, 3.05) is 0 Å². The van der Waals surface area contributed by atoms with Crippen molar-refractivity contribution >= 4 is 13.5 Å². The Balaban J connectivity index is 4.85. The van der Waals surface area contributed by atoms with E-state index in [0.717, 1.165) is 18.1 Å². The molecule has 0 aromatic rings. The fourth-order valence-corrected chi connectivity index (χ4v) is 6.08. The molecule has 0 bridgehead atoms. The largest absolute Gasteiger partial charge is 0.305 e. The summed E-state index contributed by atoms with van der Waals surface area (Å²) in [5, 5.41) is 0.563. The Morgan fingerprint density at radius 2 is 1.31 bits per heavy atom. The van der Waals surface area contributed by atoms with E-state index in [-0.39, 0.29) is 5.41 Å². The molecule has 0 unspecified atom stereocenters. The summed E-state index contributed by atoms with van der Waals surface area (Å²) in [5.74, 6) is 0. The maximum atomic E-state index is 12.2. The number of carbonyl (C=O) groups excluding carboxylic acids is 1. The van der Waals surface area contributed by atoms with Crippen molar-refractivity contribution in [1.29, 1.82) is 0 Å². The van der Waals surface area contributed by atoms with E-state index < -0.39 is 8.07 Å². The van der Waals surface area contributed by atoms with Gasteiger partial charge in [0, 0.05) is 5.41 Å². The number of hydrogen-bond donors (Lipinski definition) is 0. The second-order valence-electron chi connectivity index (χ2n) is 4.92. The Kier molecular flexibility index (Phi) is 4.37. The topological polar surface area (TPSA) is 17.1 Å². The average molecular weight is 200 g/mol. The van der Waals surface area contributed by atoms with Crippen LogP contribution >= 0.6 is 0 Å². The predicted octanol–water partition coefficient (Wildman–Crippen LogP) is 3.65. The molecule has 0 aromatic carbocycles. The van der Waals surface area contributed by atoms with Crippen LogP contribution in [-0.2, 0) is 4.79 Å². The van der Waals surface area contributed by atoms with E-state index in [4.69, 9.17) is 0 Å². The van der Waals surface area contributed by atoms with E-state index in [1.807, 2.05) is 0 Å². The van der Waals surface area contributed by atoms with Gasteiger partial charge in [-0.15, -0.1) is 0 Å². The Morgan fingerprint density at radius 1 is 1.00 bits per heavy atom. The number of rotatable bonds is 4. The molecule has 0 spiro atoms. The Hall–Kier alpha value is -0.113. The van der Waals surface area contributed by atoms with Gasteiger partial charge in [-0.1, -0.05) is 59.7 Å². The lowest BCUT2D eigenvalue weighted by molar-refractivity contribution is -0.119. The van der Waals surface area contributed by atoms with Crippen LogP contribution in [0.1, 0.15) is 41.5 Å². The molecule has 0 aromatic heterocycles. The average Bonchev–Trinajstić information content (AvgIpc) is 2.07. The van der Waals surface area contributed by atoms with Crippen LogP contribution in [-0.4, -0.2) is 13.5 Å². The van der Waals surface area contributed by atoms with E-state index in [9.17, 15) is 4.79 Å². The fraction of sp³-hybridized carbons (Fsp3) is 0.909. The van der Waals surface area contributed by atoms with Crippen molar-refractivity contribution < 1.29 is 4.79 Å². The van der Waals surface area contributed by atoms with Crippen molar-refractivity contribution in [2.45, 2.75) is 59.7 Å². The monoisotopic (exact) mass is 200 g/mol. The van der Waals surface area contributed by atoms with E-state index in [1.54, 1.807) is 0 Å². The van der Waals surface area contributed by atoms with E-state index in [1.165, 1.54) is 0 Å². The van der Waals surface area contributed by atoms with Crippen molar-refractivity contribution in [3.8, 4) is 0 Å². The lowest BCUT2D eigenvalue weighted by Gasteiger charge is -2.33. The molecule has 0 rings (SSSR count). The van der Waals surface area contributed by atoms with Crippen LogP contribution in [0.2, 0.25) is 18.1 Å². The second-order valence-corrected chi connectivity index (χ2v) is 10.1. The van der Waals surface area contributed by atoms with E-state index >= 15 is 0 Å². The highest BCUT2D eigenvalue weighted by molar-refractivity contribution is 7.06. The van der Waals surface area contributed by atoms with Crippen molar-refractivity contribution in [2.24, 2.45) is 5.41 Å². The van der Waals surface area contributed by atoms with Gasteiger partial charge in [-0.3, -0.25) is 0 Å². The van der Waals surface area contributed by atoms with Gasteiger partial charge in [0.25, 0.3) is 0 Å². The summed E-state index contributed by atoms with van der Waals surface area (Å²) in [7, 11) is -1.60. The Labute approximate surface area is 83.9 Å². The lowest BCUT2D eigenvalue weighted by Crippen LogP contribution is -2.48. The molecule has 1 nitrogen and oxygen atoms in total. The molecular weight excluding hydrogens is 176 g/mol. The quantitative estimate of drug-likeness (QED) is 0.633. The van der Waals surface area contributed by atoms with Gasteiger partial charge in [0.05, 0.1) is 0 Å². The minimum Gasteiger partial charge on any atom is -0.305 e. The number of carbonyl (C=O) groups is 1. The molecule has 0 aliphatic rings. The fourth-order valence-electron chi connectivity index (χ4n) is 2.03.